The summed E-state index contributed by atoms with van der Waals surface area (Å²) in [6, 6.07) is 0. The zero-order chi connectivity index (χ0) is 8.91. The molecule has 0 aliphatic carbocycles. The molecule has 0 bridgehead atoms. The van der Waals surface area contributed by atoms with Crippen molar-refractivity contribution in [3.8, 4) is 0 Å². The number of carbonyl (C=O) groups excluding carboxylic acids is 1. The molecule has 2 nitrogen and oxygen atoms in total. The minimum Gasteiger partial charge on any atom is -0.465 e. The minimum absolute atomic E-state index is 0.102. The Kier molecular flexibility index (Phi) is 4.67. The standard InChI is InChI=1S/C8H17O2P/c1-4-8(11,5-2)7(9)10-6-3/h4-6,11H2,1-3H3. The highest BCUT2D eigenvalue weighted by molar-refractivity contribution is 7.21. The predicted octanol–water partition coefficient (Wildman–Crippen LogP) is 1.98. The summed E-state index contributed by atoms with van der Waals surface area (Å²) in [5.74, 6) is -0.102. The molecule has 0 aromatic rings. The van der Waals surface area contributed by atoms with E-state index in [-0.39, 0.29) is 11.1 Å². The molecule has 0 N–H and O–H groups in total. The first-order valence-corrected chi connectivity index (χ1v) is 4.64. The van der Waals surface area contributed by atoms with Crippen LogP contribution in [0.5, 0.6) is 0 Å². The summed E-state index contributed by atoms with van der Waals surface area (Å²) in [5, 5.41) is -0.351. The van der Waals surface area contributed by atoms with E-state index in [0.717, 1.165) is 12.8 Å². The second kappa shape index (κ2) is 4.71. The SMILES string of the molecule is CCOC(=O)C(P)(CC)CC. The summed E-state index contributed by atoms with van der Waals surface area (Å²) in [5.41, 5.74) is 0. The van der Waals surface area contributed by atoms with Crippen LogP contribution in [-0.4, -0.2) is 17.7 Å². The van der Waals surface area contributed by atoms with Crippen LogP contribution in [0.25, 0.3) is 0 Å². The van der Waals surface area contributed by atoms with Gasteiger partial charge in [0.25, 0.3) is 0 Å². The first-order chi connectivity index (χ1) is 5.10. The highest BCUT2D eigenvalue weighted by Gasteiger charge is 2.30. The van der Waals surface area contributed by atoms with Gasteiger partial charge in [0.15, 0.2) is 0 Å². The first kappa shape index (κ1) is 10.9. The number of carbonyl (C=O) groups is 1. The number of ether oxygens (including phenoxy) is 1. The van der Waals surface area contributed by atoms with Gasteiger partial charge in [-0.2, -0.15) is 0 Å². The smallest absolute Gasteiger partial charge is 0.315 e. The monoisotopic (exact) mass is 176 g/mol. The fourth-order valence-electron chi connectivity index (χ4n) is 0.813. The van der Waals surface area contributed by atoms with Gasteiger partial charge in [-0.15, -0.1) is 9.24 Å². The Morgan fingerprint density at radius 1 is 1.36 bits per heavy atom. The third-order valence-electron chi connectivity index (χ3n) is 1.94. The van der Waals surface area contributed by atoms with Gasteiger partial charge in [0, 0.05) is 0 Å². The van der Waals surface area contributed by atoms with Crippen LogP contribution in [0.3, 0.4) is 0 Å². The summed E-state index contributed by atoms with van der Waals surface area (Å²) in [7, 11) is 2.58. The van der Waals surface area contributed by atoms with Crippen molar-refractivity contribution in [2.24, 2.45) is 0 Å². The Hall–Kier alpha value is -0.100. The van der Waals surface area contributed by atoms with Gasteiger partial charge in [-0.05, 0) is 19.8 Å². The molecular formula is C8H17O2P. The molecular weight excluding hydrogens is 159 g/mol. The van der Waals surface area contributed by atoms with Crippen LogP contribution in [0, 0.1) is 0 Å². The molecule has 66 valence electrons. The van der Waals surface area contributed by atoms with E-state index in [4.69, 9.17) is 4.74 Å². The summed E-state index contributed by atoms with van der Waals surface area (Å²) in [4.78, 5) is 11.3. The van der Waals surface area contributed by atoms with E-state index < -0.39 is 0 Å². The highest BCUT2D eigenvalue weighted by atomic mass is 31.0. The molecule has 11 heavy (non-hydrogen) atoms. The molecule has 0 spiro atoms. The lowest BCUT2D eigenvalue weighted by Crippen LogP contribution is -2.32. The van der Waals surface area contributed by atoms with Gasteiger partial charge in [0.1, 0.15) is 0 Å². The minimum atomic E-state index is -0.351. The summed E-state index contributed by atoms with van der Waals surface area (Å²) >= 11 is 0. The van der Waals surface area contributed by atoms with Crippen LogP contribution >= 0.6 is 9.24 Å². The fourth-order valence-corrected chi connectivity index (χ4v) is 0.897. The molecule has 0 rings (SSSR count). The molecule has 1 atom stereocenters. The van der Waals surface area contributed by atoms with Crippen molar-refractivity contribution in [1.82, 2.24) is 0 Å². The average Bonchev–Trinajstić information content (AvgIpc) is 2.03. The third kappa shape index (κ3) is 2.78. The molecule has 0 heterocycles. The lowest BCUT2D eigenvalue weighted by Gasteiger charge is -2.23. The Bertz CT molecular complexity index is 130. The normalized spacial score (nSPS) is 11.3. The van der Waals surface area contributed by atoms with Gasteiger partial charge >= 0.3 is 5.97 Å². The van der Waals surface area contributed by atoms with Gasteiger partial charge in [-0.3, -0.25) is 4.79 Å². The number of hydrogen-bond acceptors (Lipinski definition) is 2. The Labute approximate surface area is 70.9 Å². The third-order valence-corrected chi connectivity index (χ3v) is 3.00. The largest absolute Gasteiger partial charge is 0.465 e. The fraction of sp³-hybridized carbons (Fsp3) is 0.875. The van der Waals surface area contributed by atoms with Crippen LogP contribution in [0.2, 0.25) is 0 Å². The summed E-state index contributed by atoms with van der Waals surface area (Å²) in [6.45, 7) is 6.28. The molecule has 0 aliphatic rings. The van der Waals surface area contributed by atoms with Gasteiger partial charge < -0.3 is 4.74 Å². The maximum absolute atomic E-state index is 11.3. The molecule has 0 aromatic carbocycles. The van der Waals surface area contributed by atoms with Crippen molar-refractivity contribution >= 4 is 15.2 Å². The summed E-state index contributed by atoms with van der Waals surface area (Å²) < 4.78 is 4.93. The molecule has 0 fully saturated rings. The first-order valence-electron chi connectivity index (χ1n) is 4.06. The Morgan fingerprint density at radius 2 is 1.82 bits per heavy atom. The van der Waals surface area contributed by atoms with E-state index in [1.165, 1.54) is 0 Å². The van der Waals surface area contributed by atoms with Crippen molar-refractivity contribution in [1.29, 1.82) is 0 Å². The Balaban J connectivity index is 4.12. The molecule has 0 amide bonds. The van der Waals surface area contributed by atoms with E-state index in [0.29, 0.717) is 6.61 Å². The maximum atomic E-state index is 11.3. The van der Waals surface area contributed by atoms with Gasteiger partial charge in [-0.1, -0.05) is 13.8 Å². The van der Waals surface area contributed by atoms with Crippen LogP contribution < -0.4 is 0 Å². The average molecular weight is 176 g/mol. The van der Waals surface area contributed by atoms with Crippen molar-refractivity contribution < 1.29 is 9.53 Å². The van der Waals surface area contributed by atoms with E-state index >= 15 is 0 Å². The molecule has 0 aliphatic heterocycles. The van der Waals surface area contributed by atoms with Crippen molar-refractivity contribution in [2.75, 3.05) is 6.61 Å². The zero-order valence-electron chi connectivity index (χ0n) is 7.52. The molecule has 0 radical (unpaired) electrons. The van der Waals surface area contributed by atoms with Crippen LogP contribution in [0.4, 0.5) is 0 Å². The lowest BCUT2D eigenvalue weighted by atomic mass is 10.0. The number of hydrogen-bond donors (Lipinski definition) is 0. The molecule has 3 heteroatoms. The zero-order valence-corrected chi connectivity index (χ0v) is 8.67. The quantitative estimate of drug-likeness (QED) is 0.483. The maximum Gasteiger partial charge on any atom is 0.315 e. The second-order valence-electron chi connectivity index (χ2n) is 2.58. The van der Waals surface area contributed by atoms with E-state index in [2.05, 4.69) is 9.24 Å². The molecule has 0 aromatic heterocycles. The molecule has 1 unspecified atom stereocenters. The van der Waals surface area contributed by atoms with Crippen LogP contribution in [-0.2, 0) is 9.53 Å². The van der Waals surface area contributed by atoms with Crippen LogP contribution in [0.15, 0.2) is 0 Å². The van der Waals surface area contributed by atoms with E-state index in [1.807, 2.05) is 20.8 Å². The van der Waals surface area contributed by atoms with Crippen molar-refractivity contribution in [3.05, 3.63) is 0 Å². The second-order valence-corrected chi connectivity index (χ2v) is 3.69. The predicted molar refractivity (Wildman–Crippen MR) is 49.7 cm³/mol. The topological polar surface area (TPSA) is 26.3 Å². The van der Waals surface area contributed by atoms with Gasteiger partial charge in [0.05, 0.1) is 11.8 Å². The molecule has 0 saturated carbocycles. The van der Waals surface area contributed by atoms with Crippen LogP contribution in [0.1, 0.15) is 33.6 Å². The lowest BCUT2D eigenvalue weighted by molar-refractivity contribution is -0.146. The summed E-state index contributed by atoms with van der Waals surface area (Å²) in [6.07, 6.45) is 1.62. The van der Waals surface area contributed by atoms with Crippen molar-refractivity contribution in [3.63, 3.8) is 0 Å². The van der Waals surface area contributed by atoms with E-state index in [1.54, 1.807) is 0 Å². The Morgan fingerprint density at radius 3 is 2.09 bits per heavy atom. The molecule has 0 saturated heterocycles. The van der Waals surface area contributed by atoms with Crippen molar-refractivity contribution in [2.45, 2.75) is 38.8 Å². The van der Waals surface area contributed by atoms with Gasteiger partial charge in [0.2, 0.25) is 0 Å². The van der Waals surface area contributed by atoms with Gasteiger partial charge in [-0.25, -0.2) is 0 Å². The number of rotatable bonds is 4. The van der Waals surface area contributed by atoms with E-state index in [9.17, 15) is 4.79 Å². The highest BCUT2D eigenvalue weighted by Crippen LogP contribution is 2.27. The number of esters is 1.